The van der Waals surface area contributed by atoms with Crippen LogP contribution >= 0.6 is 11.3 Å². The molecule has 0 spiro atoms. The van der Waals surface area contributed by atoms with E-state index in [0.717, 1.165) is 29.9 Å². The third kappa shape index (κ3) is 4.99. The molecule has 4 nitrogen and oxygen atoms in total. The van der Waals surface area contributed by atoms with E-state index in [1.165, 1.54) is 0 Å². The van der Waals surface area contributed by atoms with Crippen molar-refractivity contribution in [2.45, 2.75) is 32.9 Å². The van der Waals surface area contributed by atoms with Gasteiger partial charge in [-0.3, -0.25) is 4.79 Å². The smallest absolute Gasteiger partial charge is 0.254 e. The summed E-state index contributed by atoms with van der Waals surface area (Å²) in [6.45, 7) is 3.83. The average Bonchev–Trinajstić information content (AvgIpc) is 3.35. The molecule has 0 unspecified atom stereocenters. The van der Waals surface area contributed by atoms with Crippen LogP contribution in [0.15, 0.2) is 63.9 Å². The van der Waals surface area contributed by atoms with Crippen molar-refractivity contribution in [2.24, 2.45) is 0 Å². The highest BCUT2D eigenvalue weighted by Crippen LogP contribution is 2.18. The molecule has 5 heteroatoms. The Kier molecular flexibility index (Phi) is 6.50. The van der Waals surface area contributed by atoms with Gasteiger partial charge in [-0.05, 0) is 65.2 Å². The van der Waals surface area contributed by atoms with E-state index >= 15 is 0 Å². The molecule has 3 aromatic rings. The maximum Gasteiger partial charge on any atom is 0.254 e. The quantitative estimate of drug-likeness (QED) is 0.477. The zero-order valence-electron chi connectivity index (χ0n) is 14.9. The number of furan rings is 1. The average molecular weight is 369 g/mol. The van der Waals surface area contributed by atoms with Gasteiger partial charge in [-0.25, -0.2) is 0 Å². The van der Waals surface area contributed by atoms with Crippen LogP contribution in [-0.4, -0.2) is 17.4 Å². The van der Waals surface area contributed by atoms with Gasteiger partial charge in [0.1, 0.15) is 11.5 Å². The summed E-state index contributed by atoms with van der Waals surface area (Å²) in [6, 6.07) is 13.1. The number of benzene rings is 1. The summed E-state index contributed by atoms with van der Waals surface area (Å²) in [5.74, 6) is 1.55. The molecule has 136 valence electrons. The summed E-state index contributed by atoms with van der Waals surface area (Å²) in [5, 5.41) is 4.08. The maximum absolute atomic E-state index is 13.0. The lowest BCUT2D eigenvalue weighted by molar-refractivity contribution is 0.0718. The monoisotopic (exact) mass is 369 g/mol. The van der Waals surface area contributed by atoms with Crippen molar-refractivity contribution in [1.82, 2.24) is 4.90 Å². The molecule has 2 aromatic heterocycles. The highest BCUT2D eigenvalue weighted by Gasteiger charge is 2.18. The van der Waals surface area contributed by atoms with E-state index in [0.29, 0.717) is 25.3 Å². The second-order valence-corrected chi connectivity index (χ2v) is 6.88. The lowest BCUT2D eigenvalue weighted by Crippen LogP contribution is -2.29. The number of carbonyl (C=O) groups excluding carboxylic acids is 1. The lowest BCUT2D eigenvalue weighted by Gasteiger charge is -2.21. The minimum atomic E-state index is -0.0206. The molecule has 0 aliphatic rings. The summed E-state index contributed by atoms with van der Waals surface area (Å²) in [6.07, 6.45) is 3.75. The lowest BCUT2D eigenvalue weighted by atomic mass is 10.1. The summed E-state index contributed by atoms with van der Waals surface area (Å²) in [7, 11) is 0. The number of hydrogen-bond donors (Lipinski definition) is 0. The highest BCUT2D eigenvalue weighted by molar-refractivity contribution is 7.07. The van der Waals surface area contributed by atoms with Crippen LogP contribution in [0.5, 0.6) is 5.75 Å². The minimum absolute atomic E-state index is 0.0206. The van der Waals surface area contributed by atoms with Gasteiger partial charge in [-0.2, -0.15) is 11.3 Å². The first-order valence-corrected chi connectivity index (χ1v) is 9.76. The molecule has 0 N–H and O–H groups in total. The van der Waals surface area contributed by atoms with Crippen molar-refractivity contribution in [2.75, 3.05) is 6.61 Å². The van der Waals surface area contributed by atoms with E-state index in [4.69, 9.17) is 9.15 Å². The number of rotatable bonds is 9. The van der Waals surface area contributed by atoms with Crippen LogP contribution < -0.4 is 4.74 Å². The van der Waals surface area contributed by atoms with E-state index < -0.39 is 0 Å². The van der Waals surface area contributed by atoms with E-state index in [9.17, 15) is 4.79 Å². The molecule has 1 aromatic carbocycles. The van der Waals surface area contributed by atoms with Crippen molar-refractivity contribution >= 4 is 17.2 Å². The van der Waals surface area contributed by atoms with Crippen LogP contribution in [0.25, 0.3) is 0 Å². The number of amides is 1. The predicted octanol–water partition coefficient (Wildman–Crippen LogP) is 5.36. The molecule has 0 radical (unpaired) electrons. The number of nitrogens with zero attached hydrogens (tertiary/aromatic N) is 1. The van der Waals surface area contributed by atoms with E-state index in [2.05, 4.69) is 12.3 Å². The molecule has 0 fully saturated rings. The summed E-state index contributed by atoms with van der Waals surface area (Å²) in [5.41, 5.74) is 1.77. The molecule has 0 saturated heterocycles. The van der Waals surface area contributed by atoms with Crippen molar-refractivity contribution in [3.05, 3.63) is 76.4 Å². The topological polar surface area (TPSA) is 42.7 Å². The van der Waals surface area contributed by atoms with Crippen molar-refractivity contribution < 1.29 is 13.9 Å². The van der Waals surface area contributed by atoms with Crippen LogP contribution in [0.4, 0.5) is 0 Å². The van der Waals surface area contributed by atoms with Gasteiger partial charge in [-0.15, -0.1) is 0 Å². The number of unbranched alkanes of at least 4 members (excludes halogenated alkanes) is 1. The Morgan fingerprint density at radius 1 is 1.15 bits per heavy atom. The second kappa shape index (κ2) is 9.25. The zero-order valence-corrected chi connectivity index (χ0v) is 15.7. The SMILES string of the molecule is CCCCOc1ccc(C(=O)N(Cc2ccsc2)Cc2ccco2)cc1. The summed E-state index contributed by atoms with van der Waals surface area (Å²) in [4.78, 5) is 14.8. The van der Waals surface area contributed by atoms with Gasteiger partial charge in [0, 0.05) is 12.1 Å². The maximum atomic E-state index is 13.0. The number of carbonyl (C=O) groups is 1. The second-order valence-electron chi connectivity index (χ2n) is 6.10. The Morgan fingerprint density at radius 2 is 2.00 bits per heavy atom. The first kappa shape index (κ1) is 18.3. The van der Waals surface area contributed by atoms with Crippen molar-refractivity contribution in [3.63, 3.8) is 0 Å². The molecule has 0 bridgehead atoms. The highest BCUT2D eigenvalue weighted by atomic mass is 32.1. The number of ether oxygens (including phenoxy) is 1. The van der Waals surface area contributed by atoms with Gasteiger partial charge in [0.2, 0.25) is 0 Å². The molecule has 3 rings (SSSR count). The largest absolute Gasteiger partial charge is 0.494 e. The molecule has 2 heterocycles. The van der Waals surface area contributed by atoms with Crippen molar-refractivity contribution in [1.29, 1.82) is 0 Å². The molecule has 1 amide bonds. The van der Waals surface area contributed by atoms with Gasteiger partial charge >= 0.3 is 0 Å². The van der Waals surface area contributed by atoms with Crippen LogP contribution in [0, 0.1) is 0 Å². The Hall–Kier alpha value is -2.53. The van der Waals surface area contributed by atoms with Crippen LogP contribution in [0.1, 0.15) is 41.4 Å². The van der Waals surface area contributed by atoms with Crippen LogP contribution in [0.2, 0.25) is 0 Å². The van der Waals surface area contributed by atoms with Crippen molar-refractivity contribution in [3.8, 4) is 5.75 Å². The fraction of sp³-hybridized carbons (Fsp3) is 0.286. The molecule has 0 aliphatic carbocycles. The fourth-order valence-corrected chi connectivity index (χ4v) is 3.26. The fourth-order valence-electron chi connectivity index (χ4n) is 2.60. The Morgan fingerprint density at radius 3 is 2.65 bits per heavy atom. The van der Waals surface area contributed by atoms with Crippen LogP contribution in [-0.2, 0) is 13.1 Å². The number of hydrogen-bond acceptors (Lipinski definition) is 4. The van der Waals surface area contributed by atoms with Gasteiger partial charge in [0.15, 0.2) is 0 Å². The summed E-state index contributed by atoms with van der Waals surface area (Å²) >= 11 is 1.63. The molecule has 0 aliphatic heterocycles. The molecule has 26 heavy (non-hydrogen) atoms. The molecule has 0 atom stereocenters. The zero-order chi connectivity index (χ0) is 18.2. The summed E-state index contributed by atoms with van der Waals surface area (Å²) < 4.78 is 11.1. The van der Waals surface area contributed by atoms with E-state index in [1.54, 1.807) is 22.5 Å². The minimum Gasteiger partial charge on any atom is -0.494 e. The Bertz CT molecular complexity index is 743. The van der Waals surface area contributed by atoms with Gasteiger partial charge < -0.3 is 14.1 Å². The Balaban J connectivity index is 1.71. The van der Waals surface area contributed by atoms with Gasteiger partial charge in [0.05, 0.1) is 19.4 Å². The van der Waals surface area contributed by atoms with Crippen LogP contribution in [0.3, 0.4) is 0 Å². The normalized spacial score (nSPS) is 10.7. The third-order valence-electron chi connectivity index (χ3n) is 4.04. The third-order valence-corrected chi connectivity index (χ3v) is 4.77. The van der Waals surface area contributed by atoms with E-state index in [1.807, 2.05) is 47.8 Å². The standard InChI is InChI=1S/C21H23NO3S/c1-2-3-11-24-19-8-6-18(7-9-19)21(23)22(14-17-10-13-26-16-17)15-20-5-4-12-25-20/h4-10,12-13,16H,2-3,11,14-15H2,1H3. The first-order valence-electron chi connectivity index (χ1n) is 8.82. The molecular weight excluding hydrogens is 346 g/mol. The van der Waals surface area contributed by atoms with Gasteiger partial charge in [-0.1, -0.05) is 13.3 Å². The first-order chi connectivity index (χ1) is 12.8. The van der Waals surface area contributed by atoms with Gasteiger partial charge in [0.25, 0.3) is 5.91 Å². The van der Waals surface area contributed by atoms with E-state index in [-0.39, 0.29) is 5.91 Å². The molecular formula is C21H23NO3S. The Labute approximate surface area is 158 Å². The number of thiophene rings is 1. The predicted molar refractivity (Wildman–Crippen MR) is 103 cm³/mol. The molecule has 0 saturated carbocycles.